The molecule has 1 rings (SSSR count). The van der Waals surface area contributed by atoms with Gasteiger partial charge in [-0.25, -0.2) is 0 Å². The maximum absolute atomic E-state index is 9.28. The third-order valence-corrected chi connectivity index (χ3v) is 2.86. The van der Waals surface area contributed by atoms with Crippen LogP contribution in [0.2, 0.25) is 0 Å². The summed E-state index contributed by atoms with van der Waals surface area (Å²) in [6.45, 7) is 3.39. The van der Waals surface area contributed by atoms with Gasteiger partial charge in [-0.3, -0.25) is 0 Å². The molecule has 2 N–H and O–H groups in total. The minimum absolute atomic E-state index is 0.164. The number of aliphatic hydroxyl groups excluding tert-OH is 2. The van der Waals surface area contributed by atoms with Crippen molar-refractivity contribution >= 4 is 0 Å². The topological polar surface area (TPSA) is 43.7 Å². The Kier molecular flexibility index (Phi) is 6.19. The summed E-state index contributed by atoms with van der Waals surface area (Å²) in [7, 11) is 1.97. The van der Waals surface area contributed by atoms with E-state index in [0.717, 1.165) is 19.4 Å². The summed E-state index contributed by atoms with van der Waals surface area (Å²) < 4.78 is 0. The van der Waals surface area contributed by atoms with E-state index >= 15 is 0 Å². The van der Waals surface area contributed by atoms with Crippen LogP contribution in [-0.2, 0) is 6.42 Å². The van der Waals surface area contributed by atoms with Crippen molar-refractivity contribution in [3.63, 3.8) is 0 Å². The highest BCUT2D eigenvalue weighted by Crippen LogP contribution is 2.06. The van der Waals surface area contributed by atoms with Gasteiger partial charge in [0.2, 0.25) is 0 Å². The molecule has 0 saturated heterocycles. The smallest absolute Gasteiger partial charge is 0.0897 e. The molecule has 17 heavy (non-hydrogen) atoms. The molecule has 3 nitrogen and oxygen atoms in total. The van der Waals surface area contributed by atoms with Gasteiger partial charge in [-0.1, -0.05) is 29.8 Å². The van der Waals surface area contributed by atoms with Crippen molar-refractivity contribution in [3.05, 3.63) is 35.4 Å². The molecule has 1 atom stereocenters. The van der Waals surface area contributed by atoms with Gasteiger partial charge in [-0.2, -0.15) is 0 Å². The number of rotatable bonds is 7. The van der Waals surface area contributed by atoms with Crippen LogP contribution in [0.25, 0.3) is 0 Å². The van der Waals surface area contributed by atoms with Crippen LogP contribution >= 0.6 is 0 Å². The second kappa shape index (κ2) is 7.43. The van der Waals surface area contributed by atoms with Gasteiger partial charge in [-0.05, 0) is 38.9 Å². The van der Waals surface area contributed by atoms with E-state index in [1.165, 1.54) is 11.1 Å². The van der Waals surface area contributed by atoms with E-state index in [4.69, 9.17) is 5.11 Å². The largest absolute Gasteiger partial charge is 0.394 e. The third kappa shape index (κ3) is 5.82. The second-order valence-corrected chi connectivity index (χ2v) is 4.69. The molecule has 0 heterocycles. The first kappa shape index (κ1) is 14.2. The first-order valence-corrected chi connectivity index (χ1v) is 6.15. The number of aliphatic hydroxyl groups is 2. The maximum atomic E-state index is 9.28. The normalized spacial score (nSPS) is 13.0. The predicted molar refractivity (Wildman–Crippen MR) is 70.1 cm³/mol. The fraction of sp³-hybridized carbons (Fsp3) is 0.571. The molecule has 0 bridgehead atoms. The molecule has 3 heteroatoms. The van der Waals surface area contributed by atoms with E-state index < -0.39 is 6.10 Å². The van der Waals surface area contributed by atoms with Crippen LogP contribution in [0.1, 0.15) is 17.5 Å². The highest BCUT2D eigenvalue weighted by atomic mass is 16.3. The molecule has 0 saturated carbocycles. The van der Waals surface area contributed by atoms with Crippen molar-refractivity contribution in [1.29, 1.82) is 0 Å². The van der Waals surface area contributed by atoms with Crippen LogP contribution in [0, 0.1) is 6.92 Å². The van der Waals surface area contributed by atoms with Gasteiger partial charge in [0.25, 0.3) is 0 Å². The van der Waals surface area contributed by atoms with Crippen molar-refractivity contribution in [1.82, 2.24) is 4.90 Å². The first-order chi connectivity index (χ1) is 8.11. The molecule has 0 radical (unpaired) electrons. The van der Waals surface area contributed by atoms with E-state index in [9.17, 15) is 5.11 Å². The van der Waals surface area contributed by atoms with Crippen molar-refractivity contribution in [2.45, 2.75) is 25.9 Å². The minimum Gasteiger partial charge on any atom is -0.394 e. The molecule has 0 spiro atoms. The van der Waals surface area contributed by atoms with Crippen LogP contribution < -0.4 is 0 Å². The van der Waals surface area contributed by atoms with E-state index in [-0.39, 0.29) is 6.61 Å². The van der Waals surface area contributed by atoms with Gasteiger partial charge in [0.15, 0.2) is 0 Å². The van der Waals surface area contributed by atoms with E-state index in [2.05, 4.69) is 36.1 Å². The van der Waals surface area contributed by atoms with Crippen LogP contribution in [-0.4, -0.2) is 48.0 Å². The minimum atomic E-state index is -0.626. The molecule has 0 aliphatic carbocycles. The van der Waals surface area contributed by atoms with E-state index in [0.29, 0.717) is 6.54 Å². The average molecular weight is 237 g/mol. The van der Waals surface area contributed by atoms with Gasteiger partial charge in [0, 0.05) is 6.54 Å². The Balaban J connectivity index is 2.21. The highest BCUT2D eigenvalue weighted by Gasteiger charge is 2.06. The lowest BCUT2D eigenvalue weighted by Crippen LogP contribution is -2.32. The lowest BCUT2D eigenvalue weighted by atomic mass is 10.1. The molecule has 0 unspecified atom stereocenters. The van der Waals surface area contributed by atoms with Gasteiger partial charge in [0.05, 0.1) is 12.7 Å². The Morgan fingerprint density at radius 1 is 1.24 bits per heavy atom. The zero-order valence-corrected chi connectivity index (χ0v) is 10.8. The summed E-state index contributed by atoms with van der Waals surface area (Å²) in [6, 6.07) is 8.60. The van der Waals surface area contributed by atoms with Crippen LogP contribution in [0.4, 0.5) is 0 Å². The molecule has 1 aromatic rings. The molecule has 0 aromatic heterocycles. The summed E-state index contributed by atoms with van der Waals surface area (Å²) in [6.07, 6.45) is 1.50. The zero-order chi connectivity index (χ0) is 12.7. The third-order valence-electron chi connectivity index (χ3n) is 2.86. The number of nitrogens with zero attached hydrogens (tertiary/aromatic N) is 1. The molecular formula is C14H23NO2. The Morgan fingerprint density at radius 3 is 2.47 bits per heavy atom. The molecular weight excluding hydrogens is 214 g/mol. The highest BCUT2D eigenvalue weighted by molar-refractivity contribution is 5.21. The van der Waals surface area contributed by atoms with E-state index in [1.54, 1.807) is 0 Å². The summed E-state index contributed by atoms with van der Waals surface area (Å²) in [5.41, 5.74) is 2.64. The second-order valence-electron chi connectivity index (χ2n) is 4.69. The van der Waals surface area contributed by atoms with Gasteiger partial charge >= 0.3 is 0 Å². The lowest BCUT2D eigenvalue weighted by Gasteiger charge is -2.19. The number of hydrogen-bond donors (Lipinski definition) is 2. The summed E-state index contributed by atoms with van der Waals surface area (Å²) in [5, 5.41) is 18.0. The molecule has 0 aliphatic rings. The molecule has 96 valence electrons. The maximum Gasteiger partial charge on any atom is 0.0897 e. The molecule has 1 aromatic carbocycles. The number of likely N-dealkylation sites (N-methyl/N-ethyl adjacent to an activating group) is 1. The zero-order valence-electron chi connectivity index (χ0n) is 10.8. The molecule has 0 fully saturated rings. The SMILES string of the molecule is Cc1ccc(CCCN(C)C[C@H](O)CO)cc1. The summed E-state index contributed by atoms with van der Waals surface area (Å²) in [5.74, 6) is 0. The van der Waals surface area contributed by atoms with Crippen molar-refractivity contribution in [2.24, 2.45) is 0 Å². The summed E-state index contributed by atoms with van der Waals surface area (Å²) in [4.78, 5) is 2.05. The van der Waals surface area contributed by atoms with Crippen LogP contribution in [0.5, 0.6) is 0 Å². The quantitative estimate of drug-likeness (QED) is 0.749. The Labute approximate surface area is 104 Å². The van der Waals surface area contributed by atoms with Crippen molar-refractivity contribution in [2.75, 3.05) is 26.7 Å². The number of benzene rings is 1. The number of hydrogen-bond acceptors (Lipinski definition) is 3. The lowest BCUT2D eigenvalue weighted by molar-refractivity contribution is 0.0664. The van der Waals surface area contributed by atoms with E-state index in [1.807, 2.05) is 7.05 Å². The fourth-order valence-electron chi connectivity index (χ4n) is 1.82. The Bertz CT molecular complexity index is 311. The van der Waals surface area contributed by atoms with Gasteiger partial charge in [0.1, 0.15) is 0 Å². The molecule has 0 aliphatic heterocycles. The fourth-order valence-corrected chi connectivity index (χ4v) is 1.82. The first-order valence-electron chi connectivity index (χ1n) is 6.15. The number of aryl methyl sites for hydroxylation is 2. The Hall–Kier alpha value is -0.900. The predicted octanol–water partition coefficient (Wildman–Crippen LogP) is 1.21. The molecule has 0 amide bonds. The summed E-state index contributed by atoms with van der Waals surface area (Å²) >= 11 is 0. The van der Waals surface area contributed by atoms with Crippen LogP contribution in [0.15, 0.2) is 24.3 Å². The van der Waals surface area contributed by atoms with Crippen molar-refractivity contribution in [3.8, 4) is 0 Å². The standard InChI is InChI=1S/C14H23NO2/c1-12-5-7-13(8-6-12)4-3-9-15(2)10-14(17)11-16/h5-8,14,16-17H,3-4,9-11H2,1-2H3/t14-/m0/s1. The van der Waals surface area contributed by atoms with Crippen LogP contribution in [0.3, 0.4) is 0 Å². The van der Waals surface area contributed by atoms with Gasteiger partial charge < -0.3 is 15.1 Å². The Morgan fingerprint density at radius 2 is 1.88 bits per heavy atom. The van der Waals surface area contributed by atoms with Crippen molar-refractivity contribution < 1.29 is 10.2 Å². The monoisotopic (exact) mass is 237 g/mol. The average Bonchev–Trinajstić information content (AvgIpc) is 2.31. The van der Waals surface area contributed by atoms with Gasteiger partial charge in [-0.15, -0.1) is 0 Å².